The molecule has 0 atom stereocenters. The second-order valence-corrected chi connectivity index (χ2v) is 5.37. The summed E-state index contributed by atoms with van der Waals surface area (Å²) in [6.45, 7) is 0. The number of nitrogens with two attached hydrogens (primary N) is 1. The third-order valence-electron chi connectivity index (χ3n) is 3.82. The number of hydrogen-bond acceptors (Lipinski definition) is 4. The molecular weight excluding hydrogens is 306 g/mol. The standard InChI is InChI=1S/C18H13N3O3/c19-13-5-8-15-16(11-13)24-18(23)21(15)17(22)12-3-6-14(7-4-12)20-9-1-2-10-20/h1-11H,19H2. The molecule has 0 fully saturated rings. The van der Waals surface area contributed by atoms with Crippen LogP contribution >= 0.6 is 0 Å². The average Bonchev–Trinajstić information content (AvgIpc) is 3.21. The van der Waals surface area contributed by atoms with E-state index in [1.54, 1.807) is 24.3 Å². The summed E-state index contributed by atoms with van der Waals surface area (Å²) in [6, 6.07) is 15.6. The Morgan fingerprint density at radius 3 is 2.42 bits per heavy atom. The van der Waals surface area contributed by atoms with E-state index in [9.17, 15) is 9.59 Å². The van der Waals surface area contributed by atoms with Crippen LogP contribution in [0.3, 0.4) is 0 Å². The number of hydrogen-bond donors (Lipinski definition) is 1. The Hall–Kier alpha value is -3.54. The SMILES string of the molecule is Nc1ccc2c(c1)oc(=O)n2C(=O)c1ccc(-n2cccc2)cc1. The first-order valence-electron chi connectivity index (χ1n) is 7.33. The van der Waals surface area contributed by atoms with Crippen molar-refractivity contribution in [2.45, 2.75) is 0 Å². The maximum Gasteiger partial charge on any atom is 0.427 e. The van der Waals surface area contributed by atoms with Crippen molar-refractivity contribution in [2.24, 2.45) is 0 Å². The normalized spacial score (nSPS) is 11.0. The van der Waals surface area contributed by atoms with Gasteiger partial charge in [0.1, 0.15) is 0 Å². The number of fused-ring (bicyclic) bond motifs is 1. The lowest BCUT2D eigenvalue weighted by molar-refractivity contribution is 0.0956. The summed E-state index contributed by atoms with van der Waals surface area (Å²) in [4.78, 5) is 24.7. The second kappa shape index (κ2) is 5.27. The molecule has 0 bridgehead atoms. The summed E-state index contributed by atoms with van der Waals surface area (Å²) in [6.07, 6.45) is 3.82. The molecule has 0 aliphatic carbocycles. The molecule has 24 heavy (non-hydrogen) atoms. The lowest BCUT2D eigenvalue weighted by Gasteiger charge is -2.05. The largest absolute Gasteiger partial charge is 0.427 e. The Bertz CT molecular complexity index is 1090. The van der Waals surface area contributed by atoms with Gasteiger partial charge in [0, 0.05) is 35.4 Å². The first-order valence-corrected chi connectivity index (χ1v) is 7.33. The van der Waals surface area contributed by atoms with Crippen LogP contribution in [0.15, 0.2) is 76.2 Å². The molecule has 6 nitrogen and oxygen atoms in total. The van der Waals surface area contributed by atoms with E-state index in [-0.39, 0.29) is 5.58 Å². The highest BCUT2D eigenvalue weighted by molar-refractivity contribution is 6.01. The van der Waals surface area contributed by atoms with Gasteiger partial charge >= 0.3 is 5.76 Å². The van der Waals surface area contributed by atoms with Gasteiger partial charge in [-0.15, -0.1) is 0 Å². The zero-order valence-corrected chi connectivity index (χ0v) is 12.5. The monoisotopic (exact) mass is 319 g/mol. The van der Waals surface area contributed by atoms with Crippen molar-refractivity contribution < 1.29 is 9.21 Å². The van der Waals surface area contributed by atoms with E-state index in [0.29, 0.717) is 16.8 Å². The summed E-state index contributed by atoms with van der Waals surface area (Å²) in [5.74, 6) is -1.17. The van der Waals surface area contributed by atoms with E-state index >= 15 is 0 Å². The summed E-state index contributed by atoms with van der Waals surface area (Å²) in [7, 11) is 0. The van der Waals surface area contributed by atoms with Crippen LogP contribution in [0.1, 0.15) is 10.4 Å². The van der Waals surface area contributed by atoms with Gasteiger partial charge in [0.2, 0.25) is 0 Å². The maximum absolute atomic E-state index is 12.7. The molecule has 118 valence electrons. The van der Waals surface area contributed by atoms with Crippen LogP contribution in [0.4, 0.5) is 5.69 Å². The van der Waals surface area contributed by atoms with E-state index < -0.39 is 11.7 Å². The van der Waals surface area contributed by atoms with Gasteiger partial charge in [-0.05, 0) is 48.5 Å². The zero-order valence-electron chi connectivity index (χ0n) is 12.5. The molecule has 0 spiro atoms. The first kappa shape index (κ1) is 14.1. The average molecular weight is 319 g/mol. The van der Waals surface area contributed by atoms with Crippen LogP contribution in [-0.4, -0.2) is 15.0 Å². The Balaban J connectivity index is 1.76. The number of anilines is 1. The molecule has 2 aromatic heterocycles. The second-order valence-electron chi connectivity index (χ2n) is 5.37. The fraction of sp³-hybridized carbons (Fsp3) is 0. The number of benzene rings is 2. The minimum atomic E-state index is -0.727. The number of nitrogens with zero attached hydrogens (tertiary/aromatic N) is 2. The molecule has 0 aliphatic heterocycles. The maximum atomic E-state index is 12.7. The van der Waals surface area contributed by atoms with Gasteiger partial charge in [-0.3, -0.25) is 4.79 Å². The third kappa shape index (κ3) is 2.21. The molecule has 2 heterocycles. The molecule has 0 amide bonds. The van der Waals surface area contributed by atoms with Crippen molar-refractivity contribution >= 4 is 22.7 Å². The number of oxazole rings is 1. The molecule has 0 aliphatic rings. The zero-order chi connectivity index (χ0) is 16.7. The van der Waals surface area contributed by atoms with Gasteiger partial charge < -0.3 is 14.7 Å². The van der Waals surface area contributed by atoms with Crippen molar-refractivity contribution in [3.63, 3.8) is 0 Å². The number of rotatable bonds is 2. The van der Waals surface area contributed by atoms with Crippen molar-refractivity contribution in [1.82, 2.24) is 9.13 Å². The Morgan fingerprint density at radius 2 is 1.71 bits per heavy atom. The van der Waals surface area contributed by atoms with E-state index in [1.165, 1.54) is 6.07 Å². The van der Waals surface area contributed by atoms with Gasteiger partial charge in [-0.2, -0.15) is 0 Å². The first-order chi connectivity index (χ1) is 11.6. The number of nitrogen functional groups attached to an aromatic ring is 1. The highest BCUT2D eigenvalue weighted by Crippen LogP contribution is 2.18. The molecule has 0 saturated carbocycles. The van der Waals surface area contributed by atoms with Gasteiger partial charge in [-0.25, -0.2) is 9.36 Å². The lowest BCUT2D eigenvalue weighted by Crippen LogP contribution is -2.23. The highest BCUT2D eigenvalue weighted by atomic mass is 16.4. The number of aromatic nitrogens is 2. The summed E-state index contributed by atoms with van der Waals surface area (Å²) in [5.41, 5.74) is 8.15. The number of carbonyl (C=O) groups excluding carboxylic acids is 1. The molecule has 4 aromatic rings. The quantitative estimate of drug-likeness (QED) is 0.576. The predicted octanol–water partition coefficient (Wildman–Crippen LogP) is 2.66. The van der Waals surface area contributed by atoms with Gasteiger partial charge in [0.25, 0.3) is 5.91 Å². The minimum absolute atomic E-state index is 0.289. The van der Waals surface area contributed by atoms with E-state index in [2.05, 4.69) is 0 Å². The molecular formula is C18H13N3O3. The Labute approximate surface area is 136 Å². The van der Waals surface area contributed by atoms with Crippen molar-refractivity contribution in [2.75, 3.05) is 5.73 Å². The van der Waals surface area contributed by atoms with Crippen LogP contribution in [0.25, 0.3) is 16.8 Å². The van der Waals surface area contributed by atoms with Crippen molar-refractivity contribution in [3.05, 3.63) is 83.1 Å². The van der Waals surface area contributed by atoms with Gasteiger partial charge in [0.05, 0.1) is 5.52 Å². The third-order valence-corrected chi connectivity index (χ3v) is 3.82. The summed E-state index contributed by atoms with van der Waals surface area (Å²) >= 11 is 0. The van der Waals surface area contributed by atoms with Crippen LogP contribution in [0, 0.1) is 0 Å². The highest BCUT2D eigenvalue weighted by Gasteiger charge is 2.17. The van der Waals surface area contributed by atoms with Crippen LogP contribution in [0.5, 0.6) is 0 Å². The number of carbonyl (C=O) groups is 1. The van der Waals surface area contributed by atoms with Crippen molar-refractivity contribution in [1.29, 1.82) is 0 Å². The molecule has 2 N–H and O–H groups in total. The Morgan fingerprint density at radius 1 is 1.00 bits per heavy atom. The molecule has 0 radical (unpaired) electrons. The summed E-state index contributed by atoms with van der Waals surface area (Å²) < 4.78 is 8.05. The fourth-order valence-electron chi connectivity index (χ4n) is 2.64. The van der Waals surface area contributed by atoms with Crippen LogP contribution in [-0.2, 0) is 0 Å². The smallest absolute Gasteiger partial charge is 0.407 e. The minimum Gasteiger partial charge on any atom is -0.407 e. The molecule has 4 rings (SSSR count). The fourth-order valence-corrected chi connectivity index (χ4v) is 2.64. The Kier molecular flexibility index (Phi) is 3.09. The van der Waals surface area contributed by atoms with E-state index in [0.717, 1.165) is 10.3 Å². The molecule has 0 saturated heterocycles. The molecule has 0 unspecified atom stereocenters. The molecule has 2 aromatic carbocycles. The predicted molar refractivity (Wildman–Crippen MR) is 90.4 cm³/mol. The van der Waals surface area contributed by atoms with Crippen LogP contribution < -0.4 is 11.5 Å². The summed E-state index contributed by atoms with van der Waals surface area (Å²) in [5, 5.41) is 0. The lowest BCUT2D eigenvalue weighted by atomic mass is 10.2. The van der Waals surface area contributed by atoms with Crippen LogP contribution in [0.2, 0.25) is 0 Å². The van der Waals surface area contributed by atoms with Crippen molar-refractivity contribution in [3.8, 4) is 5.69 Å². The van der Waals surface area contributed by atoms with Gasteiger partial charge in [0.15, 0.2) is 5.58 Å². The van der Waals surface area contributed by atoms with Gasteiger partial charge in [-0.1, -0.05) is 0 Å². The topological polar surface area (TPSA) is 83.2 Å². The van der Waals surface area contributed by atoms with E-state index in [4.69, 9.17) is 10.2 Å². The van der Waals surface area contributed by atoms with E-state index in [1.807, 2.05) is 41.2 Å². The molecule has 6 heteroatoms.